The topological polar surface area (TPSA) is 42.3 Å². The van der Waals surface area contributed by atoms with Gasteiger partial charge in [0.1, 0.15) is 0 Å². The maximum atomic E-state index is 4.62. The minimum atomic E-state index is 0. The van der Waals surface area contributed by atoms with Crippen molar-refractivity contribution in [2.45, 2.75) is 53.5 Å². The van der Waals surface area contributed by atoms with Crippen LogP contribution in [0.5, 0.6) is 0 Å². The van der Waals surface area contributed by atoms with Gasteiger partial charge in [0.15, 0.2) is 0 Å². The van der Waals surface area contributed by atoms with Gasteiger partial charge in [-0.2, -0.15) is 27.2 Å². The Labute approximate surface area is 162 Å². The van der Waals surface area contributed by atoms with Crippen molar-refractivity contribution >= 4 is 0 Å². The molecule has 0 saturated carbocycles. The zero-order valence-electron chi connectivity index (χ0n) is 16.8. The molecule has 0 spiro atoms. The molecule has 2 atom stereocenters. The van der Waals surface area contributed by atoms with Gasteiger partial charge in [-0.05, 0) is 12.3 Å². The Balaban J connectivity index is -0.000000153. The van der Waals surface area contributed by atoms with Crippen molar-refractivity contribution in [1.82, 2.24) is 0 Å². The summed E-state index contributed by atoms with van der Waals surface area (Å²) in [6.07, 6.45) is 8.89. The van der Waals surface area contributed by atoms with Gasteiger partial charge in [0.2, 0.25) is 0 Å². The van der Waals surface area contributed by atoms with Gasteiger partial charge in [-0.15, -0.1) is 12.6 Å². The molecule has 0 bridgehead atoms. The van der Waals surface area contributed by atoms with Gasteiger partial charge >= 0.3 is 21.7 Å². The smallest absolute Gasteiger partial charge is 0.665 e. The van der Waals surface area contributed by atoms with E-state index in [1.165, 1.54) is 5.57 Å². The Morgan fingerprint density at radius 1 is 1.04 bits per heavy atom. The maximum absolute atomic E-state index is 4.62. The molecule has 23 heavy (non-hydrogen) atoms. The molecule has 0 aliphatic heterocycles. The van der Waals surface area contributed by atoms with Crippen molar-refractivity contribution in [2.75, 3.05) is 33.7 Å². The van der Waals surface area contributed by atoms with Gasteiger partial charge in [0, 0.05) is 0 Å². The predicted octanol–water partition coefficient (Wildman–Crippen LogP) is 6.15. The molecule has 0 aromatic carbocycles. The fourth-order valence-corrected chi connectivity index (χ4v) is 1.41. The van der Waals surface area contributed by atoms with E-state index in [9.17, 15) is 0 Å². The van der Waals surface area contributed by atoms with Crippen LogP contribution in [0.25, 0.3) is 16.0 Å². The van der Waals surface area contributed by atoms with Crippen LogP contribution in [-0.2, 0) is 21.7 Å². The fourth-order valence-electron chi connectivity index (χ4n) is 1.41. The Morgan fingerprint density at radius 2 is 1.52 bits per heavy atom. The molecule has 0 N–H and O–H groups in total. The molecule has 1 rings (SSSR count). The minimum Gasteiger partial charge on any atom is -0.665 e. The van der Waals surface area contributed by atoms with Crippen molar-refractivity contribution in [1.29, 1.82) is 0 Å². The van der Waals surface area contributed by atoms with E-state index in [1.807, 2.05) is 13.8 Å². The average Bonchev–Trinajstić information content (AvgIpc) is 3.07. The second-order valence-electron chi connectivity index (χ2n) is 5.16. The molecule has 0 amide bonds. The maximum Gasteiger partial charge on any atom is 4.00 e. The Kier molecular flexibility index (Phi) is 32.7. The molecule has 1 aliphatic carbocycles. The normalized spacial score (nSPS) is 14.0. The van der Waals surface area contributed by atoms with E-state index in [2.05, 4.69) is 54.9 Å². The van der Waals surface area contributed by atoms with E-state index < -0.39 is 0 Å². The van der Waals surface area contributed by atoms with Gasteiger partial charge in [0.25, 0.3) is 0 Å². The molecular weight excluding hydrogens is 318 g/mol. The Morgan fingerprint density at radius 3 is 1.83 bits per heavy atom. The van der Waals surface area contributed by atoms with Crippen LogP contribution < -0.4 is 0 Å². The molecule has 2 unspecified atom stereocenters. The zero-order chi connectivity index (χ0) is 16.5. The van der Waals surface area contributed by atoms with Crippen LogP contribution in [0.2, 0.25) is 0 Å². The molecule has 0 radical (unpaired) electrons. The van der Waals surface area contributed by atoms with E-state index in [0.29, 0.717) is 12.0 Å². The van der Waals surface area contributed by atoms with Gasteiger partial charge in [0.05, 0.1) is 0 Å². The summed E-state index contributed by atoms with van der Waals surface area (Å²) in [6, 6.07) is 0.525. The first kappa shape index (κ1) is 30.9. The van der Waals surface area contributed by atoms with Gasteiger partial charge in [-0.3, -0.25) is 0 Å². The molecular formula is C19H39N3Ti. The molecule has 0 saturated heterocycles. The summed E-state index contributed by atoms with van der Waals surface area (Å²) in [5.74, 6) is 0.629. The second kappa shape index (κ2) is 24.3. The summed E-state index contributed by atoms with van der Waals surface area (Å²) >= 11 is 0. The summed E-state index contributed by atoms with van der Waals surface area (Å²) in [5, 5.41) is 12.1. The third-order valence-corrected chi connectivity index (χ3v) is 3.35. The summed E-state index contributed by atoms with van der Waals surface area (Å²) in [5.41, 5.74) is 1.53. The first-order chi connectivity index (χ1) is 10.1. The first-order valence-corrected chi connectivity index (χ1v) is 8.20. The van der Waals surface area contributed by atoms with E-state index in [1.54, 1.807) is 14.1 Å². The van der Waals surface area contributed by atoms with Crippen molar-refractivity contribution in [3.63, 3.8) is 0 Å². The largest absolute Gasteiger partial charge is 4.00 e. The van der Waals surface area contributed by atoms with Gasteiger partial charge in [-0.25, -0.2) is 0 Å². The van der Waals surface area contributed by atoms with E-state index >= 15 is 0 Å². The van der Waals surface area contributed by atoms with Crippen LogP contribution in [0, 0.1) is 13.3 Å². The van der Waals surface area contributed by atoms with Crippen molar-refractivity contribution in [2.24, 2.45) is 5.92 Å². The summed E-state index contributed by atoms with van der Waals surface area (Å²) in [6.45, 7) is 13.6. The third-order valence-electron chi connectivity index (χ3n) is 3.35. The number of hydrogen-bond donors (Lipinski definition) is 0. The SMILES string of the molecule is CCC(C)[N-]CC(C)C1=CC=CC1.CC[N-]C.CC[N-]C.[CH3-].[Ti+4]. The number of nitrogens with zero attached hydrogens (tertiary/aromatic N) is 3. The van der Waals surface area contributed by atoms with Crippen LogP contribution in [0.15, 0.2) is 23.8 Å². The van der Waals surface area contributed by atoms with Crippen molar-refractivity contribution in [3.8, 4) is 0 Å². The summed E-state index contributed by atoms with van der Waals surface area (Å²) in [4.78, 5) is 0. The Hall–Kier alpha value is 0.0743. The van der Waals surface area contributed by atoms with Crippen LogP contribution in [0.3, 0.4) is 0 Å². The molecule has 0 aromatic rings. The van der Waals surface area contributed by atoms with Crippen LogP contribution in [0.1, 0.15) is 47.5 Å². The van der Waals surface area contributed by atoms with Crippen molar-refractivity contribution in [3.05, 3.63) is 47.2 Å². The molecule has 3 nitrogen and oxygen atoms in total. The number of allylic oxidation sites excluding steroid dienone is 3. The van der Waals surface area contributed by atoms with E-state index in [4.69, 9.17) is 0 Å². The van der Waals surface area contributed by atoms with Crippen LogP contribution in [-0.4, -0.2) is 39.8 Å². The molecule has 0 fully saturated rings. The fraction of sp³-hybridized carbons (Fsp3) is 0.737. The van der Waals surface area contributed by atoms with Gasteiger partial charge in [-0.1, -0.05) is 64.8 Å². The number of rotatable bonds is 7. The molecule has 134 valence electrons. The molecule has 0 aromatic heterocycles. The minimum absolute atomic E-state index is 0. The van der Waals surface area contributed by atoms with Crippen LogP contribution in [0.4, 0.5) is 0 Å². The molecule has 4 heteroatoms. The second-order valence-corrected chi connectivity index (χ2v) is 5.16. The molecule has 0 heterocycles. The first-order valence-electron chi connectivity index (χ1n) is 8.20. The standard InChI is InChI=1S/C12H20N.2C3H8N.CH3.Ti/c1-4-11(3)13-9-10(2)12-7-5-6-8-12;2*1-3-4-2;;/h5-7,10-11H,4,8-9H2,1-3H3;2*3H2,1-2H3;1H3;/q4*-1;+4. The van der Waals surface area contributed by atoms with Gasteiger partial charge < -0.3 is 23.4 Å². The molecule has 1 aliphatic rings. The third kappa shape index (κ3) is 22.1. The summed E-state index contributed by atoms with van der Waals surface area (Å²) < 4.78 is 0. The zero-order valence-corrected chi connectivity index (χ0v) is 18.3. The van der Waals surface area contributed by atoms with E-state index in [0.717, 1.165) is 32.5 Å². The van der Waals surface area contributed by atoms with E-state index in [-0.39, 0.29) is 29.1 Å². The predicted molar refractivity (Wildman–Crippen MR) is 105 cm³/mol. The Bertz CT molecular complexity index is 257. The number of hydrogen-bond acceptors (Lipinski definition) is 0. The van der Waals surface area contributed by atoms with Crippen LogP contribution >= 0.6 is 0 Å². The quantitative estimate of drug-likeness (QED) is 0.387. The monoisotopic (exact) mass is 357 g/mol. The average molecular weight is 357 g/mol. The summed E-state index contributed by atoms with van der Waals surface area (Å²) in [7, 11) is 3.61. The van der Waals surface area contributed by atoms with Crippen molar-refractivity contribution < 1.29 is 21.7 Å².